The van der Waals surface area contributed by atoms with Gasteiger partial charge in [-0.25, -0.2) is 9.48 Å². The molecule has 0 saturated heterocycles. The van der Waals surface area contributed by atoms with Gasteiger partial charge in [0.15, 0.2) is 5.69 Å². The van der Waals surface area contributed by atoms with Crippen LogP contribution in [-0.4, -0.2) is 45.1 Å². The van der Waals surface area contributed by atoms with Crippen LogP contribution < -0.4 is 11.1 Å². The minimum Gasteiger partial charge on any atom is -0.476 e. The van der Waals surface area contributed by atoms with Crippen molar-refractivity contribution in [3.63, 3.8) is 0 Å². The third-order valence-corrected chi connectivity index (χ3v) is 2.51. The summed E-state index contributed by atoms with van der Waals surface area (Å²) in [5.41, 5.74) is 4.73. The van der Waals surface area contributed by atoms with E-state index in [0.717, 1.165) is 0 Å². The molecule has 0 aromatic carbocycles. The van der Waals surface area contributed by atoms with Gasteiger partial charge in [0.2, 0.25) is 5.91 Å². The molecular formula is C10H17N5O3. The van der Waals surface area contributed by atoms with Crippen LogP contribution in [0.4, 0.5) is 0 Å². The summed E-state index contributed by atoms with van der Waals surface area (Å²) in [4.78, 5) is 22.2. The van der Waals surface area contributed by atoms with Crippen LogP contribution in [0, 0.1) is 5.41 Å². The molecule has 0 aliphatic rings. The molecule has 1 aromatic heterocycles. The molecule has 1 rings (SSSR count). The number of nitrogens with two attached hydrogens (primary N) is 1. The van der Waals surface area contributed by atoms with Gasteiger partial charge in [0.1, 0.15) is 0 Å². The highest BCUT2D eigenvalue weighted by Crippen LogP contribution is 2.11. The molecule has 1 amide bonds. The maximum absolute atomic E-state index is 11.7. The van der Waals surface area contributed by atoms with E-state index in [9.17, 15) is 9.59 Å². The summed E-state index contributed by atoms with van der Waals surface area (Å²) < 4.78 is 1.36. The van der Waals surface area contributed by atoms with Crippen LogP contribution in [0.15, 0.2) is 6.20 Å². The van der Waals surface area contributed by atoms with Gasteiger partial charge in [0, 0.05) is 13.1 Å². The second-order valence-electron chi connectivity index (χ2n) is 4.52. The standard InChI is InChI=1S/C10H17N5O3/c1-10(2,6-11)9(18)12-3-4-15-5-7(8(16)17)13-14-15/h5H,3-4,6,11H2,1-2H3,(H,12,18)(H,16,17). The fourth-order valence-electron chi connectivity index (χ4n) is 1.12. The smallest absolute Gasteiger partial charge is 0.358 e. The predicted molar refractivity (Wildman–Crippen MR) is 62.8 cm³/mol. The molecule has 100 valence electrons. The normalized spacial score (nSPS) is 11.3. The molecule has 0 radical (unpaired) electrons. The lowest BCUT2D eigenvalue weighted by Gasteiger charge is -2.21. The summed E-state index contributed by atoms with van der Waals surface area (Å²) in [5.74, 6) is -1.28. The molecule has 0 atom stereocenters. The number of nitrogens with one attached hydrogen (secondary N) is 1. The van der Waals surface area contributed by atoms with Crippen molar-refractivity contribution in [2.24, 2.45) is 11.1 Å². The molecule has 0 spiro atoms. The molecule has 8 heteroatoms. The van der Waals surface area contributed by atoms with Gasteiger partial charge in [0.05, 0.1) is 18.2 Å². The molecule has 8 nitrogen and oxygen atoms in total. The Morgan fingerprint density at radius 2 is 2.22 bits per heavy atom. The van der Waals surface area contributed by atoms with Crippen LogP contribution in [0.25, 0.3) is 0 Å². The van der Waals surface area contributed by atoms with Gasteiger partial charge >= 0.3 is 5.97 Å². The first-order valence-electron chi connectivity index (χ1n) is 5.48. The summed E-state index contributed by atoms with van der Waals surface area (Å²) in [6.45, 7) is 4.45. The quantitative estimate of drug-likeness (QED) is 0.604. The Bertz CT molecular complexity index is 440. The first kappa shape index (κ1) is 14.1. The number of carboxylic acid groups (broad SMARTS) is 1. The van der Waals surface area contributed by atoms with Crippen LogP contribution in [0.3, 0.4) is 0 Å². The number of aromatic nitrogens is 3. The monoisotopic (exact) mass is 255 g/mol. The van der Waals surface area contributed by atoms with Gasteiger partial charge < -0.3 is 16.2 Å². The van der Waals surface area contributed by atoms with Gasteiger partial charge in [-0.15, -0.1) is 5.10 Å². The Morgan fingerprint density at radius 1 is 1.56 bits per heavy atom. The number of carbonyl (C=O) groups excluding carboxylic acids is 1. The number of hydrogen-bond acceptors (Lipinski definition) is 5. The average Bonchev–Trinajstić information content (AvgIpc) is 2.77. The highest BCUT2D eigenvalue weighted by molar-refractivity contribution is 5.84. The minimum atomic E-state index is -1.13. The van der Waals surface area contributed by atoms with E-state index in [0.29, 0.717) is 13.1 Å². The van der Waals surface area contributed by atoms with E-state index < -0.39 is 11.4 Å². The molecule has 4 N–H and O–H groups in total. The van der Waals surface area contributed by atoms with Crippen molar-refractivity contribution in [3.8, 4) is 0 Å². The second kappa shape index (κ2) is 5.58. The number of carboxylic acids is 1. The number of aromatic carboxylic acids is 1. The van der Waals surface area contributed by atoms with E-state index in [-0.39, 0.29) is 18.1 Å². The minimum absolute atomic E-state index is 0.122. The van der Waals surface area contributed by atoms with Crippen LogP contribution in [0.5, 0.6) is 0 Å². The Balaban J connectivity index is 2.42. The van der Waals surface area contributed by atoms with Crippen molar-refractivity contribution in [1.29, 1.82) is 0 Å². The van der Waals surface area contributed by atoms with E-state index >= 15 is 0 Å². The Morgan fingerprint density at radius 3 is 2.72 bits per heavy atom. The van der Waals surface area contributed by atoms with Gasteiger partial charge in [-0.2, -0.15) is 0 Å². The Kier molecular flexibility index (Phi) is 4.38. The van der Waals surface area contributed by atoms with Crippen molar-refractivity contribution in [1.82, 2.24) is 20.3 Å². The highest BCUT2D eigenvalue weighted by atomic mass is 16.4. The maximum atomic E-state index is 11.7. The zero-order valence-electron chi connectivity index (χ0n) is 10.4. The Hall–Kier alpha value is -1.96. The number of amides is 1. The van der Waals surface area contributed by atoms with E-state index in [2.05, 4.69) is 15.6 Å². The first-order valence-corrected chi connectivity index (χ1v) is 5.48. The number of hydrogen-bond donors (Lipinski definition) is 3. The summed E-state index contributed by atoms with van der Waals surface area (Å²) in [6.07, 6.45) is 1.31. The maximum Gasteiger partial charge on any atom is 0.358 e. The zero-order valence-corrected chi connectivity index (χ0v) is 10.4. The lowest BCUT2D eigenvalue weighted by atomic mass is 9.93. The summed E-state index contributed by atoms with van der Waals surface area (Å²) in [5, 5.41) is 18.4. The predicted octanol–water partition coefficient (Wildman–Crippen LogP) is -0.923. The molecule has 0 bridgehead atoms. The van der Waals surface area contributed by atoms with Crippen LogP contribution in [-0.2, 0) is 11.3 Å². The fourth-order valence-corrected chi connectivity index (χ4v) is 1.12. The molecule has 1 heterocycles. The zero-order chi connectivity index (χ0) is 13.8. The molecular weight excluding hydrogens is 238 g/mol. The van der Waals surface area contributed by atoms with Gasteiger partial charge in [0.25, 0.3) is 0 Å². The van der Waals surface area contributed by atoms with Crippen molar-refractivity contribution in [2.45, 2.75) is 20.4 Å². The lowest BCUT2D eigenvalue weighted by molar-refractivity contribution is -0.128. The van der Waals surface area contributed by atoms with E-state index in [4.69, 9.17) is 10.8 Å². The average molecular weight is 255 g/mol. The summed E-state index contributed by atoms with van der Waals surface area (Å²) >= 11 is 0. The molecule has 0 fully saturated rings. The molecule has 1 aromatic rings. The first-order chi connectivity index (χ1) is 8.36. The highest BCUT2D eigenvalue weighted by Gasteiger charge is 2.25. The van der Waals surface area contributed by atoms with Crippen molar-refractivity contribution in [2.75, 3.05) is 13.1 Å². The Labute approximate surface area is 104 Å². The van der Waals surface area contributed by atoms with Crippen LogP contribution >= 0.6 is 0 Å². The third-order valence-electron chi connectivity index (χ3n) is 2.51. The fraction of sp³-hybridized carbons (Fsp3) is 0.600. The molecule has 0 unspecified atom stereocenters. The van der Waals surface area contributed by atoms with Crippen molar-refractivity contribution in [3.05, 3.63) is 11.9 Å². The van der Waals surface area contributed by atoms with Gasteiger partial charge in [-0.1, -0.05) is 5.21 Å². The van der Waals surface area contributed by atoms with Crippen LogP contribution in [0.1, 0.15) is 24.3 Å². The van der Waals surface area contributed by atoms with Crippen LogP contribution in [0.2, 0.25) is 0 Å². The number of carbonyl (C=O) groups is 2. The molecule has 0 aliphatic heterocycles. The molecule has 0 aliphatic carbocycles. The van der Waals surface area contributed by atoms with E-state index in [1.165, 1.54) is 10.9 Å². The van der Waals surface area contributed by atoms with Gasteiger partial charge in [-0.05, 0) is 13.8 Å². The topological polar surface area (TPSA) is 123 Å². The molecule has 18 heavy (non-hydrogen) atoms. The largest absolute Gasteiger partial charge is 0.476 e. The third kappa shape index (κ3) is 3.52. The van der Waals surface area contributed by atoms with E-state index in [1.807, 2.05) is 0 Å². The molecule has 0 saturated carbocycles. The summed E-state index contributed by atoms with van der Waals surface area (Å²) in [7, 11) is 0. The van der Waals surface area contributed by atoms with E-state index in [1.54, 1.807) is 13.8 Å². The van der Waals surface area contributed by atoms with Gasteiger partial charge in [-0.3, -0.25) is 4.79 Å². The van der Waals surface area contributed by atoms with Crippen molar-refractivity contribution >= 4 is 11.9 Å². The van der Waals surface area contributed by atoms with Crippen molar-refractivity contribution < 1.29 is 14.7 Å². The lowest BCUT2D eigenvalue weighted by Crippen LogP contribution is -2.42. The SMILES string of the molecule is CC(C)(CN)C(=O)NCCn1cc(C(=O)O)nn1. The second-order valence-corrected chi connectivity index (χ2v) is 4.52. The number of nitrogens with zero attached hydrogens (tertiary/aromatic N) is 3. The summed E-state index contributed by atoms with van der Waals surface area (Å²) in [6, 6.07) is 0. The number of rotatable bonds is 6.